The Bertz CT molecular complexity index is 124. The molecule has 3 atom stereocenters. The Balaban J connectivity index is 1.84. The fourth-order valence-corrected chi connectivity index (χ4v) is 2.03. The summed E-state index contributed by atoms with van der Waals surface area (Å²) in [5.41, 5.74) is 0. The highest BCUT2D eigenvalue weighted by atomic mass is 17.5. The summed E-state index contributed by atoms with van der Waals surface area (Å²) >= 11 is 0. The van der Waals surface area contributed by atoms with E-state index in [4.69, 9.17) is 10.1 Å². The number of hydrogen-bond acceptors (Lipinski definition) is 3. The van der Waals surface area contributed by atoms with Gasteiger partial charge in [-0.15, -0.1) is 0 Å². The summed E-state index contributed by atoms with van der Waals surface area (Å²) in [6, 6.07) is 0. The standard InChI is InChI=1S/C7H12O3/c8-10-9-7-3-1-2-5-4-6(5)7/h5-8H,1-4H2/t5-,6+,7+/m0/s1. The van der Waals surface area contributed by atoms with Crippen molar-refractivity contribution in [3.8, 4) is 0 Å². The van der Waals surface area contributed by atoms with Crippen LogP contribution in [0.15, 0.2) is 0 Å². The highest BCUT2D eigenvalue weighted by Gasteiger charge is 2.46. The highest BCUT2D eigenvalue weighted by molar-refractivity contribution is 4.95. The van der Waals surface area contributed by atoms with E-state index in [9.17, 15) is 0 Å². The third-order valence-corrected chi connectivity index (χ3v) is 2.69. The number of rotatable bonds is 2. The van der Waals surface area contributed by atoms with E-state index in [2.05, 4.69) is 5.04 Å². The molecule has 0 aromatic heterocycles. The van der Waals surface area contributed by atoms with Crippen LogP contribution >= 0.6 is 0 Å². The van der Waals surface area contributed by atoms with Crippen molar-refractivity contribution < 1.29 is 15.2 Å². The molecule has 0 aromatic rings. The van der Waals surface area contributed by atoms with Gasteiger partial charge < -0.3 is 0 Å². The lowest BCUT2D eigenvalue weighted by atomic mass is 9.98. The minimum atomic E-state index is 0.170. The zero-order chi connectivity index (χ0) is 6.97. The van der Waals surface area contributed by atoms with Crippen molar-refractivity contribution >= 4 is 0 Å². The number of fused-ring (bicyclic) bond motifs is 1. The predicted molar refractivity (Wildman–Crippen MR) is 34.0 cm³/mol. The van der Waals surface area contributed by atoms with E-state index in [-0.39, 0.29) is 6.10 Å². The van der Waals surface area contributed by atoms with Crippen LogP contribution in [-0.4, -0.2) is 11.4 Å². The third-order valence-electron chi connectivity index (χ3n) is 2.69. The van der Waals surface area contributed by atoms with E-state index in [1.807, 2.05) is 0 Å². The fourth-order valence-electron chi connectivity index (χ4n) is 2.03. The van der Waals surface area contributed by atoms with Crippen molar-refractivity contribution in [3.63, 3.8) is 0 Å². The Morgan fingerprint density at radius 2 is 2.20 bits per heavy atom. The van der Waals surface area contributed by atoms with Gasteiger partial charge in [0.1, 0.15) is 0 Å². The first-order chi connectivity index (χ1) is 4.92. The zero-order valence-electron chi connectivity index (χ0n) is 5.82. The van der Waals surface area contributed by atoms with Crippen LogP contribution in [0, 0.1) is 11.8 Å². The van der Waals surface area contributed by atoms with E-state index in [1.165, 1.54) is 19.3 Å². The summed E-state index contributed by atoms with van der Waals surface area (Å²) in [7, 11) is 0. The van der Waals surface area contributed by atoms with Gasteiger partial charge in [-0.25, -0.2) is 10.1 Å². The van der Waals surface area contributed by atoms with Gasteiger partial charge in [0.2, 0.25) is 0 Å². The molecule has 0 unspecified atom stereocenters. The van der Waals surface area contributed by atoms with Crippen LogP contribution in [0.5, 0.6) is 0 Å². The van der Waals surface area contributed by atoms with Crippen LogP contribution in [0.25, 0.3) is 0 Å². The first-order valence-electron chi connectivity index (χ1n) is 3.88. The van der Waals surface area contributed by atoms with Crippen LogP contribution in [0.2, 0.25) is 0 Å². The van der Waals surface area contributed by atoms with Crippen LogP contribution in [-0.2, 0) is 9.93 Å². The molecule has 0 heterocycles. The Hall–Kier alpha value is -0.120. The molecule has 2 aliphatic carbocycles. The summed E-state index contributed by atoms with van der Waals surface area (Å²) in [6.07, 6.45) is 5.05. The van der Waals surface area contributed by atoms with E-state index < -0.39 is 0 Å². The third kappa shape index (κ3) is 1.05. The van der Waals surface area contributed by atoms with Crippen LogP contribution in [0.1, 0.15) is 25.7 Å². The molecule has 2 rings (SSSR count). The lowest BCUT2D eigenvalue weighted by molar-refractivity contribution is -0.509. The predicted octanol–water partition coefficient (Wildman–Crippen LogP) is 1.60. The second kappa shape index (κ2) is 2.49. The van der Waals surface area contributed by atoms with Crippen LogP contribution in [0.4, 0.5) is 0 Å². The van der Waals surface area contributed by atoms with Crippen molar-refractivity contribution in [2.45, 2.75) is 31.8 Å². The Kier molecular flexibility index (Phi) is 1.64. The van der Waals surface area contributed by atoms with E-state index in [1.54, 1.807) is 0 Å². The largest absolute Gasteiger partial charge is 0.221 e. The van der Waals surface area contributed by atoms with Gasteiger partial charge in [0.15, 0.2) is 0 Å². The molecular weight excluding hydrogens is 132 g/mol. The van der Waals surface area contributed by atoms with Gasteiger partial charge in [-0.1, -0.05) is 11.5 Å². The Morgan fingerprint density at radius 3 is 3.00 bits per heavy atom. The molecule has 0 spiro atoms. The SMILES string of the molecule is OOO[C@@H]1CCC[C@H]2C[C@H]21. The lowest BCUT2D eigenvalue weighted by Gasteiger charge is -2.17. The molecule has 0 amide bonds. The lowest BCUT2D eigenvalue weighted by Crippen LogP contribution is -2.19. The van der Waals surface area contributed by atoms with E-state index in [0.29, 0.717) is 5.92 Å². The van der Waals surface area contributed by atoms with Crippen molar-refractivity contribution in [2.24, 2.45) is 11.8 Å². The zero-order valence-corrected chi connectivity index (χ0v) is 5.82. The highest BCUT2D eigenvalue weighted by Crippen LogP contribution is 2.50. The molecule has 3 nitrogen and oxygen atoms in total. The van der Waals surface area contributed by atoms with Crippen molar-refractivity contribution in [1.29, 1.82) is 0 Å². The molecule has 3 heteroatoms. The van der Waals surface area contributed by atoms with Crippen LogP contribution < -0.4 is 0 Å². The molecule has 2 saturated carbocycles. The average Bonchev–Trinajstić information content (AvgIpc) is 2.67. The Labute approximate surface area is 59.8 Å². The van der Waals surface area contributed by atoms with Gasteiger partial charge in [0.25, 0.3) is 0 Å². The van der Waals surface area contributed by atoms with Gasteiger partial charge in [-0.3, -0.25) is 0 Å². The molecule has 0 saturated heterocycles. The van der Waals surface area contributed by atoms with Crippen molar-refractivity contribution in [1.82, 2.24) is 0 Å². The fraction of sp³-hybridized carbons (Fsp3) is 1.00. The molecule has 2 aliphatic rings. The van der Waals surface area contributed by atoms with Crippen molar-refractivity contribution in [2.75, 3.05) is 0 Å². The summed E-state index contributed by atoms with van der Waals surface area (Å²) in [5.74, 6) is 1.55. The maximum Gasteiger partial charge on any atom is 0.0992 e. The topological polar surface area (TPSA) is 38.7 Å². The van der Waals surface area contributed by atoms with Crippen LogP contribution in [0.3, 0.4) is 0 Å². The molecule has 0 aromatic carbocycles. The number of hydrogen-bond donors (Lipinski definition) is 1. The Morgan fingerprint density at radius 1 is 1.30 bits per heavy atom. The summed E-state index contributed by atoms with van der Waals surface area (Å²) in [4.78, 5) is 4.69. The minimum absolute atomic E-state index is 0.170. The molecule has 2 fully saturated rings. The molecule has 1 N–H and O–H groups in total. The van der Waals surface area contributed by atoms with Crippen molar-refractivity contribution in [3.05, 3.63) is 0 Å². The second-order valence-electron chi connectivity index (χ2n) is 3.30. The van der Waals surface area contributed by atoms with Gasteiger partial charge >= 0.3 is 0 Å². The summed E-state index contributed by atoms with van der Waals surface area (Å²) in [5, 5.41) is 11.7. The average molecular weight is 144 g/mol. The molecule has 58 valence electrons. The molecule has 0 aliphatic heterocycles. The molecule has 10 heavy (non-hydrogen) atoms. The monoisotopic (exact) mass is 144 g/mol. The normalized spacial score (nSPS) is 44.7. The molecule has 0 radical (unpaired) electrons. The minimum Gasteiger partial charge on any atom is -0.221 e. The van der Waals surface area contributed by atoms with E-state index in [0.717, 1.165) is 12.3 Å². The first-order valence-corrected chi connectivity index (χ1v) is 3.88. The van der Waals surface area contributed by atoms with Gasteiger partial charge in [0, 0.05) is 0 Å². The summed E-state index contributed by atoms with van der Waals surface area (Å²) in [6.45, 7) is 0. The van der Waals surface area contributed by atoms with Gasteiger partial charge in [-0.05, 0) is 31.1 Å². The summed E-state index contributed by atoms with van der Waals surface area (Å²) < 4.78 is 0. The molecule has 0 bridgehead atoms. The first kappa shape index (κ1) is 6.58. The molecular formula is C7H12O3. The smallest absolute Gasteiger partial charge is 0.0992 e. The second-order valence-corrected chi connectivity index (χ2v) is 3.30. The quantitative estimate of drug-likeness (QED) is 0.472. The van der Waals surface area contributed by atoms with E-state index >= 15 is 0 Å². The van der Waals surface area contributed by atoms with Gasteiger partial charge in [0.05, 0.1) is 6.10 Å². The maximum atomic E-state index is 8.03. The van der Waals surface area contributed by atoms with Gasteiger partial charge in [-0.2, -0.15) is 0 Å². The maximum absolute atomic E-state index is 8.03.